The number of hydrogen-bond acceptors (Lipinski definition) is 3. The first-order chi connectivity index (χ1) is 10.4. The molecule has 2 aromatic carbocycles. The molecule has 22 heavy (non-hydrogen) atoms. The molecule has 2 rings (SSSR count). The molecule has 0 spiro atoms. The lowest BCUT2D eigenvalue weighted by molar-refractivity contribution is 0.0842. The number of halogens is 1. The highest BCUT2D eigenvalue weighted by Crippen LogP contribution is 2.35. The second-order valence-corrected chi connectivity index (χ2v) is 6.30. The van der Waals surface area contributed by atoms with Crippen LogP contribution in [-0.2, 0) is 12.1 Å². The predicted molar refractivity (Wildman–Crippen MR) is 90.2 cm³/mol. The van der Waals surface area contributed by atoms with E-state index in [2.05, 4.69) is 13.8 Å². The fourth-order valence-electron chi connectivity index (χ4n) is 2.63. The van der Waals surface area contributed by atoms with E-state index in [1.807, 2.05) is 24.3 Å². The van der Waals surface area contributed by atoms with Crippen molar-refractivity contribution in [3.8, 4) is 5.75 Å². The molecule has 0 heterocycles. The van der Waals surface area contributed by atoms with Gasteiger partial charge in [0.25, 0.3) is 0 Å². The summed E-state index contributed by atoms with van der Waals surface area (Å²) in [5.74, 6) is 0.983. The van der Waals surface area contributed by atoms with Gasteiger partial charge >= 0.3 is 0 Å². The van der Waals surface area contributed by atoms with Crippen LogP contribution < -0.4 is 10.5 Å². The van der Waals surface area contributed by atoms with Crippen molar-refractivity contribution in [3.05, 3.63) is 64.2 Å². The monoisotopic (exact) mass is 319 g/mol. The molecule has 0 aliphatic carbocycles. The van der Waals surface area contributed by atoms with Gasteiger partial charge in [0, 0.05) is 16.1 Å². The van der Waals surface area contributed by atoms with Crippen LogP contribution in [0.3, 0.4) is 0 Å². The Morgan fingerprint density at radius 3 is 2.50 bits per heavy atom. The van der Waals surface area contributed by atoms with E-state index in [9.17, 15) is 5.11 Å². The van der Waals surface area contributed by atoms with Crippen molar-refractivity contribution in [2.24, 2.45) is 11.7 Å². The van der Waals surface area contributed by atoms with E-state index in [1.54, 1.807) is 25.3 Å². The third kappa shape index (κ3) is 3.43. The maximum atomic E-state index is 11.0. The molecule has 118 valence electrons. The fourth-order valence-corrected chi connectivity index (χ4v) is 2.80. The fraction of sp³-hybridized carbons (Fsp3) is 0.333. The lowest BCUT2D eigenvalue weighted by atomic mass is 9.87. The van der Waals surface area contributed by atoms with Crippen molar-refractivity contribution < 1.29 is 9.84 Å². The van der Waals surface area contributed by atoms with Crippen LogP contribution >= 0.6 is 11.6 Å². The maximum Gasteiger partial charge on any atom is 0.169 e. The number of nitrogens with two attached hydrogens (primary N) is 1. The molecule has 1 unspecified atom stereocenters. The number of rotatable bonds is 5. The minimum atomic E-state index is -1.66. The largest absolute Gasteiger partial charge is 0.496 e. The van der Waals surface area contributed by atoms with Gasteiger partial charge in [0.05, 0.1) is 7.11 Å². The van der Waals surface area contributed by atoms with E-state index in [4.69, 9.17) is 22.1 Å². The van der Waals surface area contributed by atoms with Gasteiger partial charge in [0.15, 0.2) is 5.72 Å². The topological polar surface area (TPSA) is 55.5 Å². The van der Waals surface area contributed by atoms with E-state index in [0.717, 1.165) is 12.0 Å². The van der Waals surface area contributed by atoms with E-state index >= 15 is 0 Å². The van der Waals surface area contributed by atoms with Crippen molar-refractivity contribution in [1.29, 1.82) is 0 Å². The summed E-state index contributed by atoms with van der Waals surface area (Å²) in [6.45, 7) is 4.24. The SMILES string of the molecule is COc1ccccc1C(N)(O)c1cc(Cl)ccc1CC(C)C. The maximum absolute atomic E-state index is 11.0. The molecular formula is C18H22ClNO2. The minimum absolute atomic E-state index is 0.438. The molecule has 3 N–H and O–H groups in total. The highest BCUT2D eigenvalue weighted by Gasteiger charge is 2.32. The molecule has 0 radical (unpaired) electrons. The lowest BCUT2D eigenvalue weighted by Gasteiger charge is -2.29. The van der Waals surface area contributed by atoms with Crippen LogP contribution in [-0.4, -0.2) is 12.2 Å². The number of ether oxygens (including phenoxy) is 1. The van der Waals surface area contributed by atoms with E-state index in [-0.39, 0.29) is 0 Å². The highest BCUT2D eigenvalue weighted by atomic mass is 35.5. The zero-order valence-corrected chi connectivity index (χ0v) is 13.9. The molecule has 2 aromatic rings. The zero-order chi connectivity index (χ0) is 16.3. The third-order valence-electron chi connectivity index (χ3n) is 3.63. The van der Waals surface area contributed by atoms with E-state index < -0.39 is 5.72 Å². The summed E-state index contributed by atoms with van der Waals surface area (Å²) >= 11 is 6.12. The van der Waals surface area contributed by atoms with Crippen LogP contribution in [0.25, 0.3) is 0 Å². The van der Waals surface area contributed by atoms with Gasteiger partial charge in [-0.2, -0.15) is 0 Å². The predicted octanol–water partition coefficient (Wildman–Crippen LogP) is 3.70. The lowest BCUT2D eigenvalue weighted by Crippen LogP contribution is -2.39. The zero-order valence-electron chi connectivity index (χ0n) is 13.1. The summed E-state index contributed by atoms with van der Waals surface area (Å²) in [6.07, 6.45) is 0.807. The Kier molecular flexibility index (Phi) is 5.12. The van der Waals surface area contributed by atoms with Gasteiger partial charge < -0.3 is 9.84 Å². The van der Waals surface area contributed by atoms with Gasteiger partial charge in [0.1, 0.15) is 5.75 Å². The second kappa shape index (κ2) is 6.69. The van der Waals surface area contributed by atoms with E-state index in [0.29, 0.717) is 27.8 Å². The molecule has 0 saturated heterocycles. The number of aliphatic hydroxyl groups is 1. The first-order valence-corrected chi connectivity index (χ1v) is 7.67. The number of hydrogen-bond donors (Lipinski definition) is 2. The standard InChI is InChI=1S/C18H22ClNO2/c1-12(2)10-13-8-9-14(19)11-16(13)18(20,21)15-6-4-5-7-17(15)22-3/h4-9,11-12,21H,10,20H2,1-3H3. The third-order valence-corrected chi connectivity index (χ3v) is 3.86. The van der Waals surface area contributed by atoms with Crippen molar-refractivity contribution >= 4 is 11.6 Å². The highest BCUT2D eigenvalue weighted by molar-refractivity contribution is 6.30. The smallest absolute Gasteiger partial charge is 0.169 e. The average Bonchev–Trinajstić information content (AvgIpc) is 2.48. The van der Waals surface area contributed by atoms with Gasteiger partial charge in [-0.05, 0) is 36.1 Å². The first-order valence-electron chi connectivity index (χ1n) is 7.30. The molecule has 3 nitrogen and oxygen atoms in total. The van der Waals surface area contributed by atoms with Gasteiger partial charge in [-0.1, -0.05) is 49.7 Å². The Bertz CT molecular complexity index is 653. The summed E-state index contributed by atoms with van der Waals surface area (Å²) in [6, 6.07) is 12.7. The van der Waals surface area contributed by atoms with Crippen LogP contribution in [0, 0.1) is 5.92 Å². The quantitative estimate of drug-likeness (QED) is 0.826. The average molecular weight is 320 g/mol. The van der Waals surface area contributed by atoms with Crippen molar-refractivity contribution in [3.63, 3.8) is 0 Å². The molecule has 0 bridgehead atoms. The van der Waals surface area contributed by atoms with Crippen molar-refractivity contribution in [2.75, 3.05) is 7.11 Å². The second-order valence-electron chi connectivity index (χ2n) is 5.87. The molecule has 1 atom stereocenters. The Morgan fingerprint density at radius 1 is 1.18 bits per heavy atom. The molecule has 0 aromatic heterocycles. The molecule has 0 amide bonds. The van der Waals surface area contributed by atoms with Gasteiger partial charge in [-0.3, -0.25) is 5.73 Å². The first kappa shape index (κ1) is 16.8. The summed E-state index contributed by atoms with van der Waals surface area (Å²) in [7, 11) is 1.56. The van der Waals surface area contributed by atoms with Gasteiger partial charge in [-0.15, -0.1) is 0 Å². The van der Waals surface area contributed by atoms with E-state index in [1.165, 1.54) is 0 Å². The molecule has 0 saturated carbocycles. The summed E-state index contributed by atoms with van der Waals surface area (Å²) in [4.78, 5) is 0. The van der Waals surface area contributed by atoms with Crippen LogP contribution in [0.5, 0.6) is 5.75 Å². The van der Waals surface area contributed by atoms with Crippen molar-refractivity contribution in [1.82, 2.24) is 0 Å². The molecule has 0 aliphatic heterocycles. The van der Waals surface area contributed by atoms with Gasteiger partial charge in [-0.25, -0.2) is 0 Å². The molecular weight excluding hydrogens is 298 g/mol. The summed E-state index contributed by atoms with van der Waals surface area (Å²) in [5.41, 5.74) is 6.74. The van der Waals surface area contributed by atoms with Crippen molar-refractivity contribution in [2.45, 2.75) is 26.0 Å². The Balaban J connectivity index is 2.59. The molecule has 4 heteroatoms. The number of methoxy groups -OCH3 is 1. The Morgan fingerprint density at radius 2 is 1.86 bits per heavy atom. The van der Waals surface area contributed by atoms with Crippen LogP contribution in [0.1, 0.15) is 30.5 Å². The summed E-state index contributed by atoms with van der Waals surface area (Å²) < 4.78 is 5.33. The Labute approximate surface area is 136 Å². The number of benzene rings is 2. The Hall–Kier alpha value is -1.55. The molecule has 0 fully saturated rings. The summed E-state index contributed by atoms with van der Waals surface area (Å²) in [5, 5.41) is 11.6. The number of para-hydroxylation sites is 1. The van der Waals surface area contributed by atoms with Crippen LogP contribution in [0.15, 0.2) is 42.5 Å². The van der Waals surface area contributed by atoms with Crippen LogP contribution in [0.4, 0.5) is 0 Å². The van der Waals surface area contributed by atoms with Gasteiger partial charge in [0.2, 0.25) is 0 Å². The normalized spacial score (nSPS) is 14.0. The van der Waals surface area contributed by atoms with Crippen LogP contribution in [0.2, 0.25) is 5.02 Å². The minimum Gasteiger partial charge on any atom is -0.496 e. The molecule has 0 aliphatic rings.